The number of quaternary nitrogens is 1. The van der Waals surface area contributed by atoms with Crippen molar-refractivity contribution in [1.29, 1.82) is 0 Å². The minimum absolute atomic E-state index is 0.0394. The fraction of sp³-hybridized carbons (Fsp3) is 0. The van der Waals surface area contributed by atoms with Crippen LogP contribution in [0.1, 0.15) is 0 Å². The van der Waals surface area contributed by atoms with Crippen LogP contribution in [0.4, 0.5) is 0 Å². The zero-order valence-corrected chi connectivity index (χ0v) is 12.2. The highest BCUT2D eigenvalue weighted by molar-refractivity contribution is 7.92. The number of hydrogen-bond donors (Lipinski definition) is 1. The van der Waals surface area contributed by atoms with Gasteiger partial charge in [0.25, 0.3) is 0 Å². The molecule has 0 aliphatic heterocycles. The Hall–Kier alpha value is -1.05. The predicted molar refractivity (Wildman–Crippen MR) is 74.6 cm³/mol. The van der Waals surface area contributed by atoms with E-state index in [9.17, 15) is 13.0 Å². The third kappa shape index (κ3) is 5.63. The summed E-state index contributed by atoms with van der Waals surface area (Å²) in [4.78, 5) is 0.842. The van der Waals surface area contributed by atoms with Gasteiger partial charge in [0.15, 0.2) is 0 Å². The van der Waals surface area contributed by atoms with Gasteiger partial charge in [0.2, 0.25) is 0 Å². The Balaban J connectivity index is 0.000000200. The molecule has 0 aliphatic rings. The van der Waals surface area contributed by atoms with Gasteiger partial charge in [-0.1, -0.05) is 41.9 Å². The molecule has 0 amide bonds. The molecule has 0 saturated heterocycles. The van der Waals surface area contributed by atoms with Crippen molar-refractivity contribution in [3.05, 3.63) is 59.6 Å². The van der Waals surface area contributed by atoms with E-state index in [0.717, 1.165) is 0 Å². The Labute approximate surface area is 121 Å². The third-order valence-corrected chi connectivity index (χ3v) is 3.96. The molecule has 0 fully saturated rings. The van der Waals surface area contributed by atoms with Gasteiger partial charge >= 0.3 is 0 Å². The Morgan fingerprint density at radius 3 is 1.89 bits per heavy atom. The lowest BCUT2D eigenvalue weighted by molar-refractivity contribution is -0.137. The summed E-state index contributed by atoms with van der Waals surface area (Å²) in [6.45, 7) is 0. The smallest absolute Gasteiger partial charge is 0.125 e. The zero-order valence-electron chi connectivity index (χ0n) is 9.82. The first-order valence-corrected chi connectivity index (χ1v) is 7.90. The van der Waals surface area contributed by atoms with Crippen LogP contribution in [0.15, 0.2) is 64.4 Å². The van der Waals surface area contributed by atoms with Gasteiger partial charge in [0, 0.05) is 0 Å². The van der Waals surface area contributed by atoms with Crippen LogP contribution in [0.25, 0.3) is 0 Å². The molecule has 0 heterocycles. The Bertz CT molecular complexity index is 618. The third-order valence-electron chi connectivity index (χ3n) is 2.02. The summed E-state index contributed by atoms with van der Waals surface area (Å²) in [5, 5.41) is 3.63. The molecule has 0 aliphatic carbocycles. The van der Waals surface area contributed by atoms with E-state index >= 15 is 0 Å². The van der Waals surface area contributed by atoms with Crippen molar-refractivity contribution < 1.29 is 18.1 Å². The van der Waals surface area contributed by atoms with Crippen LogP contribution in [0, 0.1) is 0 Å². The van der Waals surface area contributed by atoms with Crippen LogP contribution in [0.3, 0.4) is 0 Å². The second-order valence-corrected chi connectivity index (χ2v) is 5.86. The van der Waals surface area contributed by atoms with E-state index in [2.05, 4.69) is 5.14 Å². The summed E-state index contributed by atoms with van der Waals surface area (Å²) in [7, 11) is -4.42. The van der Waals surface area contributed by atoms with Crippen LogP contribution in [0.5, 0.6) is 0 Å². The molecule has 4 nitrogen and oxygen atoms in total. The second kappa shape index (κ2) is 7.52. The molecule has 2 aromatic carbocycles. The molecule has 0 radical (unpaired) electrons. The highest BCUT2D eigenvalue weighted by atomic mass is 35.5. The van der Waals surface area contributed by atoms with Crippen molar-refractivity contribution >= 4 is 33.7 Å². The second-order valence-electron chi connectivity index (χ2n) is 3.34. The SMILES string of the molecule is O=S(=O)([O-])c1ccccc1Cl.[NH3+]Sc1ccccc1. The average Bonchev–Trinajstić information content (AvgIpc) is 2.39. The predicted octanol–water partition coefficient (Wildman–Crippen LogP) is 2.18. The molecule has 7 heteroatoms. The average molecular weight is 318 g/mol. The van der Waals surface area contributed by atoms with Gasteiger partial charge in [0.05, 0.1) is 14.8 Å². The van der Waals surface area contributed by atoms with E-state index in [4.69, 9.17) is 11.6 Å². The van der Waals surface area contributed by atoms with Crippen molar-refractivity contribution in [1.82, 2.24) is 0 Å². The van der Waals surface area contributed by atoms with Crippen molar-refractivity contribution in [2.24, 2.45) is 0 Å². The van der Waals surface area contributed by atoms with E-state index in [1.165, 1.54) is 35.0 Å². The summed E-state index contributed by atoms with van der Waals surface area (Å²) in [5.41, 5.74) is 0. The van der Waals surface area contributed by atoms with Crippen LogP contribution >= 0.6 is 23.5 Å². The first-order chi connectivity index (χ1) is 8.95. The topological polar surface area (TPSA) is 84.8 Å². The minimum atomic E-state index is -4.42. The molecule has 0 bridgehead atoms. The molecular weight excluding hydrogens is 306 g/mol. The molecule has 0 spiro atoms. The summed E-state index contributed by atoms with van der Waals surface area (Å²) < 4.78 is 31.2. The van der Waals surface area contributed by atoms with Crippen molar-refractivity contribution in [3.63, 3.8) is 0 Å². The van der Waals surface area contributed by atoms with Gasteiger partial charge in [-0.05, 0) is 24.3 Å². The number of rotatable bonds is 2. The van der Waals surface area contributed by atoms with Gasteiger partial charge < -0.3 is 4.55 Å². The highest BCUT2D eigenvalue weighted by Gasteiger charge is 2.04. The fourth-order valence-electron chi connectivity index (χ4n) is 1.16. The summed E-state index contributed by atoms with van der Waals surface area (Å²) in [6, 6.07) is 15.6. The normalized spacial score (nSPS) is 10.5. The highest BCUT2D eigenvalue weighted by Crippen LogP contribution is 2.19. The molecule has 0 saturated carbocycles. The Kier molecular flexibility index (Phi) is 6.33. The van der Waals surface area contributed by atoms with Gasteiger partial charge in [-0.3, -0.25) is 5.14 Å². The molecule has 2 rings (SSSR count). The van der Waals surface area contributed by atoms with Crippen molar-refractivity contribution in [3.8, 4) is 0 Å². The van der Waals surface area contributed by atoms with Gasteiger partial charge in [-0.2, -0.15) is 0 Å². The van der Waals surface area contributed by atoms with E-state index in [1.807, 2.05) is 30.3 Å². The molecule has 3 N–H and O–H groups in total. The quantitative estimate of drug-likeness (QED) is 0.679. The van der Waals surface area contributed by atoms with E-state index in [0.29, 0.717) is 0 Å². The van der Waals surface area contributed by atoms with Crippen LogP contribution < -0.4 is 5.14 Å². The van der Waals surface area contributed by atoms with Crippen molar-refractivity contribution in [2.75, 3.05) is 0 Å². The van der Waals surface area contributed by atoms with Gasteiger partial charge in [0.1, 0.15) is 22.1 Å². The standard InChI is InChI=1S/C6H5ClO3S.C6H7NS/c7-5-3-1-2-4-6(5)11(8,9)10;7-8-6-4-2-1-3-5-6/h1-4H,(H,8,9,10);1-5H,7H2. The van der Waals surface area contributed by atoms with Gasteiger partial charge in [-0.15, -0.1) is 0 Å². The maximum absolute atomic E-state index is 10.4. The number of halogens is 1. The first kappa shape index (κ1) is 16.0. The fourth-order valence-corrected chi connectivity index (χ4v) is 2.49. The largest absolute Gasteiger partial charge is 0.744 e. The summed E-state index contributed by atoms with van der Waals surface area (Å²) in [6.07, 6.45) is 0. The van der Waals surface area contributed by atoms with E-state index in [1.54, 1.807) is 6.07 Å². The molecule has 102 valence electrons. The monoisotopic (exact) mass is 317 g/mol. The molecule has 2 aromatic rings. The molecule has 0 aromatic heterocycles. The van der Waals surface area contributed by atoms with Crippen LogP contribution in [-0.4, -0.2) is 13.0 Å². The maximum atomic E-state index is 10.4. The maximum Gasteiger partial charge on any atom is 0.125 e. The Morgan fingerprint density at radius 1 is 1.00 bits per heavy atom. The Morgan fingerprint density at radius 2 is 1.53 bits per heavy atom. The molecule has 0 atom stereocenters. The summed E-state index contributed by atoms with van der Waals surface area (Å²) in [5.74, 6) is 0. The van der Waals surface area contributed by atoms with Crippen LogP contribution in [-0.2, 0) is 10.1 Å². The molecule has 0 unspecified atom stereocenters. The van der Waals surface area contributed by atoms with E-state index < -0.39 is 10.1 Å². The zero-order chi connectivity index (χ0) is 14.3. The van der Waals surface area contributed by atoms with E-state index in [-0.39, 0.29) is 9.92 Å². The van der Waals surface area contributed by atoms with Crippen LogP contribution in [0.2, 0.25) is 5.02 Å². The first-order valence-electron chi connectivity index (χ1n) is 5.12. The lowest BCUT2D eigenvalue weighted by atomic mass is 10.4. The number of benzene rings is 2. The number of hydrogen-bond acceptors (Lipinski definition) is 4. The molecular formula is C12H12ClNO3S2. The van der Waals surface area contributed by atoms with Crippen molar-refractivity contribution in [2.45, 2.75) is 9.79 Å². The molecule has 19 heavy (non-hydrogen) atoms. The minimum Gasteiger partial charge on any atom is -0.744 e. The summed E-state index contributed by atoms with van der Waals surface area (Å²) >= 11 is 6.95. The lowest BCUT2D eigenvalue weighted by Crippen LogP contribution is -2.35. The van der Waals surface area contributed by atoms with Gasteiger partial charge in [-0.25, -0.2) is 8.42 Å². The lowest BCUT2D eigenvalue weighted by Gasteiger charge is -2.07.